The van der Waals surface area contributed by atoms with E-state index in [1.54, 1.807) is 0 Å². The first kappa shape index (κ1) is 13.6. The Labute approximate surface area is 134 Å². The Hall–Kier alpha value is -3.00. The topological polar surface area (TPSA) is 30.0 Å². The number of hydrogen-bond acceptors (Lipinski definition) is 2. The monoisotopic (exact) mass is 297 g/mol. The number of carbonyl (C=O) groups is 1. The molecule has 0 N–H and O–H groups in total. The van der Waals surface area contributed by atoms with Crippen LogP contribution in [0.15, 0.2) is 72.8 Å². The van der Waals surface area contributed by atoms with E-state index in [-0.39, 0.29) is 5.78 Å². The summed E-state index contributed by atoms with van der Waals surface area (Å²) in [4.78, 5) is 17.6. The first-order valence-corrected chi connectivity index (χ1v) is 7.63. The van der Waals surface area contributed by atoms with Gasteiger partial charge in [-0.3, -0.25) is 4.79 Å². The predicted octanol–water partition coefficient (Wildman–Crippen LogP) is 4.93. The largest absolute Gasteiger partial charge is 0.287 e. The van der Waals surface area contributed by atoms with Crippen LogP contribution >= 0.6 is 0 Å². The Morgan fingerprint density at radius 1 is 0.739 bits per heavy atom. The zero-order chi connectivity index (χ0) is 15.8. The van der Waals surface area contributed by atoms with E-state index in [1.165, 1.54) is 0 Å². The van der Waals surface area contributed by atoms with E-state index in [2.05, 4.69) is 4.98 Å². The van der Waals surface area contributed by atoms with Gasteiger partial charge in [0.25, 0.3) is 0 Å². The standard InChI is InChI=1S/C21H15NO/c1-14-10-12-15(13-11-14)21(23)20-18-8-3-2-6-16(18)17-7-4-5-9-19(17)22-20/h2-13H,1H3. The van der Waals surface area contributed by atoms with Gasteiger partial charge < -0.3 is 0 Å². The molecule has 0 spiro atoms. The SMILES string of the molecule is Cc1ccc(C(=O)c2nc3ccccc3c3ccccc23)cc1. The van der Waals surface area contributed by atoms with Gasteiger partial charge in [0.2, 0.25) is 5.78 Å². The zero-order valence-corrected chi connectivity index (χ0v) is 12.8. The molecule has 0 aliphatic heterocycles. The molecule has 4 rings (SSSR count). The molecule has 0 bridgehead atoms. The second-order valence-electron chi connectivity index (χ2n) is 5.72. The maximum absolute atomic E-state index is 13.0. The molecule has 2 nitrogen and oxygen atoms in total. The minimum absolute atomic E-state index is 0.0352. The normalized spacial score (nSPS) is 11.0. The summed E-state index contributed by atoms with van der Waals surface area (Å²) < 4.78 is 0. The number of carbonyl (C=O) groups excluding carboxylic acids is 1. The summed E-state index contributed by atoms with van der Waals surface area (Å²) in [5, 5.41) is 3.04. The van der Waals surface area contributed by atoms with Crippen molar-refractivity contribution >= 4 is 27.5 Å². The van der Waals surface area contributed by atoms with Gasteiger partial charge in [0.05, 0.1) is 5.52 Å². The van der Waals surface area contributed by atoms with Crippen molar-refractivity contribution in [3.63, 3.8) is 0 Å². The van der Waals surface area contributed by atoms with Crippen molar-refractivity contribution in [3.05, 3.63) is 89.6 Å². The molecule has 23 heavy (non-hydrogen) atoms. The number of fused-ring (bicyclic) bond motifs is 3. The van der Waals surface area contributed by atoms with E-state index >= 15 is 0 Å². The lowest BCUT2D eigenvalue weighted by Gasteiger charge is -2.09. The number of ketones is 1. The Morgan fingerprint density at radius 2 is 1.35 bits per heavy atom. The van der Waals surface area contributed by atoms with Crippen molar-refractivity contribution in [3.8, 4) is 0 Å². The molecule has 0 aliphatic carbocycles. The number of benzene rings is 3. The number of nitrogens with zero attached hydrogens (tertiary/aromatic N) is 1. The summed E-state index contributed by atoms with van der Waals surface area (Å²) in [6, 6.07) is 23.5. The maximum Gasteiger partial charge on any atom is 0.212 e. The van der Waals surface area contributed by atoms with Crippen molar-refractivity contribution in [1.82, 2.24) is 4.98 Å². The van der Waals surface area contributed by atoms with E-state index < -0.39 is 0 Å². The third-order valence-corrected chi connectivity index (χ3v) is 4.14. The summed E-state index contributed by atoms with van der Waals surface area (Å²) in [6.07, 6.45) is 0. The average Bonchev–Trinajstić information content (AvgIpc) is 2.61. The molecule has 0 atom stereocenters. The van der Waals surface area contributed by atoms with Gasteiger partial charge in [-0.25, -0.2) is 4.98 Å². The average molecular weight is 297 g/mol. The fourth-order valence-electron chi connectivity index (χ4n) is 2.92. The Morgan fingerprint density at radius 3 is 2.09 bits per heavy atom. The van der Waals surface area contributed by atoms with Gasteiger partial charge >= 0.3 is 0 Å². The molecule has 0 saturated carbocycles. The third kappa shape index (κ3) is 2.29. The number of pyridine rings is 1. The molecule has 1 aromatic heterocycles. The summed E-state index contributed by atoms with van der Waals surface area (Å²) in [5.41, 5.74) is 3.17. The van der Waals surface area contributed by atoms with Crippen LogP contribution in [-0.2, 0) is 0 Å². The molecule has 110 valence electrons. The Bertz CT molecular complexity index is 1030. The maximum atomic E-state index is 13.0. The highest BCUT2D eigenvalue weighted by Gasteiger charge is 2.16. The molecular formula is C21H15NO. The number of aryl methyl sites for hydroxylation is 1. The summed E-state index contributed by atoms with van der Waals surface area (Å²) in [6.45, 7) is 2.01. The minimum atomic E-state index is -0.0352. The van der Waals surface area contributed by atoms with Gasteiger partial charge in [-0.1, -0.05) is 72.3 Å². The fraction of sp³-hybridized carbons (Fsp3) is 0.0476. The molecular weight excluding hydrogens is 282 g/mol. The highest BCUT2D eigenvalue weighted by atomic mass is 16.1. The van der Waals surface area contributed by atoms with Gasteiger partial charge in [0.1, 0.15) is 5.69 Å². The van der Waals surface area contributed by atoms with E-state index in [4.69, 9.17) is 0 Å². The number of para-hydroxylation sites is 1. The lowest BCUT2D eigenvalue weighted by Crippen LogP contribution is -2.05. The van der Waals surface area contributed by atoms with Crippen LogP contribution in [0.3, 0.4) is 0 Å². The van der Waals surface area contributed by atoms with Gasteiger partial charge in [-0.05, 0) is 18.4 Å². The van der Waals surface area contributed by atoms with Gasteiger partial charge in [-0.2, -0.15) is 0 Å². The molecule has 1 heterocycles. The van der Waals surface area contributed by atoms with Crippen molar-refractivity contribution in [2.45, 2.75) is 6.92 Å². The predicted molar refractivity (Wildman–Crippen MR) is 93.9 cm³/mol. The summed E-state index contributed by atoms with van der Waals surface area (Å²) in [5.74, 6) is -0.0352. The third-order valence-electron chi connectivity index (χ3n) is 4.14. The van der Waals surface area contributed by atoms with Crippen LogP contribution in [0.1, 0.15) is 21.6 Å². The highest BCUT2D eigenvalue weighted by Crippen LogP contribution is 2.27. The van der Waals surface area contributed by atoms with E-state index in [0.29, 0.717) is 11.3 Å². The molecule has 0 aliphatic rings. The van der Waals surface area contributed by atoms with Crippen molar-refractivity contribution in [1.29, 1.82) is 0 Å². The molecule has 0 radical (unpaired) electrons. The van der Waals surface area contributed by atoms with Crippen molar-refractivity contribution < 1.29 is 4.79 Å². The molecule has 4 aromatic rings. The molecule has 2 heteroatoms. The second-order valence-corrected chi connectivity index (χ2v) is 5.72. The fourth-order valence-corrected chi connectivity index (χ4v) is 2.92. The van der Waals surface area contributed by atoms with Gasteiger partial charge in [-0.15, -0.1) is 0 Å². The van der Waals surface area contributed by atoms with E-state index in [9.17, 15) is 4.79 Å². The lowest BCUT2D eigenvalue weighted by molar-refractivity contribution is 0.103. The number of aromatic nitrogens is 1. The van der Waals surface area contributed by atoms with Crippen molar-refractivity contribution in [2.24, 2.45) is 0 Å². The molecule has 0 unspecified atom stereocenters. The van der Waals surface area contributed by atoms with Crippen LogP contribution in [0.25, 0.3) is 21.7 Å². The Balaban J connectivity index is 2.01. The molecule has 0 amide bonds. The highest BCUT2D eigenvalue weighted by molar-refractivity contribution is 6.19. The van der Waals surface area contributed by atoms with Crippen LogP contribution in [-0.4, -0.2) is 10.8 Å². The summed E-state index contributed by atoms with van der Waals surface area (Å²) >= 11 is 0. The molecule has 3 aromatic carbocycles. The number of hydrogen-bond donors (Lipinski definition) is 0. The van der Waals surface area contributed by atoms with Crippen LogP contribution in [0.4, 0.5) is 0 Å². The smallest absolute Gasteiger partial charge is 0.212 e. The first-order valence-electron chi connectivity index (χ1n) is 7.63. The van der Waals surface area contributed by atoms with Crippen LogP contribution < -0.4 is 0 Å². The van der Waals surface area contributed by atoms with Crippen molar-refractivity contribution in [2.75, 3.05) is 0 Å². The van der Waals surface area contributed by atoms with E-state index in [0.717, 1.165) is 27.2 Å². The Kier molecular flexibility index (Phi) is 3.16. The number of rotatable bonds is 2. The van der Waals surface area contributed by atoms with Gasteiger partial charge in [0.15, 0.2) is 0 Å². The minimum Gasteiger partial charge on any atom is -0.287 e. The summed E-state index contributed by atoms with van der Waals surface area (Å²) in [7, 11) is 0. The molecule has 0 fully saturated rings. The lowest BCUT2D eigenvalue weighted by atomic mass is 9.99. The van der Waals surface area contributed by atoms with E-state index in [1.807, 2.05) is 79.7 Å². The first-order chi connectivity index (χ1) is 11.2. The quantitative estimate of drug-likeness (QED) is 0.388. The van der Waals surface area contributed by atoms with Crippen LogP contribution in [0.2, 0.25) is 0 Å². The zero-order valence-electron chi connectivity index (χ0n) is 12.8. The molecule has 0 saturated heterocycles. The van der Waals surface area contributed by atoms with Crippen LogP contribution in [0.5, 0.6) is 0 Å². The second kappa shape index (κ2) is 5.33. The van der Waals surface area contributed by atoms with Gasteiger partial charge in [0, 0.05) is 16.3 Å². The van der Waals surface area contributed by atoms with Crippen LogP contribution in [0, 0.1) is 6.92 Å².